The molecular weight excluding hydrogens is 431 g/mol. The smallest absolute Gasteiger partial charge is 0.259 e. The zero-order valence-electron chi connectivity index (χ0n) is 16.6. The molecule has 0 unspecified atom stereocenters. The van der Waals surface area contributed by atoms with E-state index in [1.54, 1.807) is 24.3 Å². The number of aryl methyl sites for hydroxylation is 1. The number of aromatic hydroxyl groups is 1. The summed E-state index contributed by atoms with van der Waals surface area (Å²) in [6.45, 7) is 1.91. The lowest BCUT2D eigenvalue weighted by Gasteiger charge is -2.13. The van der Waals surface area contributed by atoms with Gasteiger partial charge in [0.25, 0.3) is 5.91 Å². The van der Waals surface area contributed by atoms with Crippen molar-refractivity contribution in [3.05, 3.63) is 99.5 Å². The quantitative estimate of drug-likeness (QED) is 0.325. The highest BCUT2D eigenvalue weighted by Gasteiger charge is 2.18. The molecule has 0 saturated heterocycles. The van der Waals surface area contributed by atoms with Gasteiger partial charge in [0.1, 0.15) is 5.75 Å². The van der Waals surface area contributed by atoms with Crippen molar-refractivity contribution in [3.8, 4) is 5.75 Å². The Morgan fingerprint density at radius 1 is 1.00 bits per heavy atom. The Balaban J connectivity index is 1.81. The lowest BCUT2D eigenvalue weighted by Crippen LogP contribution is -2.13. The number of para-hydroxylation sites is 1. The Morgan fingerprint density at radius 3 is 2.55 bits per heavy atom. The third kappa shape index (κ3) is 4.41. The fourth-order valence-corrected chi connectivity index (χ4v) is 3.62. The van der Waals surface area contributed by atoms with E-state index in [4.69, 9.17) is 23.2 Å². The minimum Gasteiger partial charge on any atom is -0.506 e. The number of hydrogen-bond acceptors (Lipinski definition) is 3. The molecule has 31 heavy (non-hydrogen) atoms. The molecular formula is C25H18Cl2N2O2. The summed E-state index contributed by atoms with van der Waals surface area (Å²) >= 11 is 12.3. The first-order chi connectivity index (χ1) is 14.9. The van der Waals surface area contributed by atoms with Crippen LogP contribution in [0.25, 0.3) is 10.8 Å². The van der Waals surface area contributed by atoms with Crippen molar-refractivity contribution < 1.29 is 9.90 Å². The average Bonchev–Trinajstić information content (AvgIpc) is 2.76. The molecule has 4 nitrogen and oxygen atoms in total. The minimum atomic E-state index is -0.409. The number of nitrogens with zero attached hydrogens (tertiary/aromatic N) is 1. The van der Waals surface area contributed by atoms with Crippen molar-refractivity contribution >= 4 is 57.5 Å². The van der Waals surface area contributed by atoms with Crippen LogP contribution in [-0.4, -0.2) is 17.2 Å². The molecule has 2 N–H and O–H groups in total. The maximum atomic E-state index is 13.0. The number of amides is 1. The van der Waals surface area contributed by atoms with Gasteiger partial charge in [-0.05, 0) is 53.6 Å². The van der Waals surface area contributed by atoms with Crippen molar-refractivity contribution in [1.82, 2.24) is 0 Å². The molecule has 0 aliphatic heterocycles. The van der Waals surface area contributed by atoms with Crippen molar-refractivity contribution in [1.29, 1.82) is 0 Å². The summed E-state index contributed by atoms with van der Waals surface area (Å²) in [6, 6.07) is 21.6. The summed E-state index contributed by atoms with van der Waals surface area (Å²) in [5.74, 6) is -0.570. The summed E-state index contributed by atoms with van der Waals surface area (Å²) in [5, 5.41) is 16.3. The predicted molar refractivity (Wildman–Crippen MR) is 128 cm³/mol. The monoisotopic (exact) mass is 448 g/mol. The number of phenolic OH excluding ortho intramolecular Hbond substituents is 1. The zero-order valence-corrected chi connectivity index (χ0v) is 18.1. The van der Waals surface area contributed by atoms with E-state index >= 15 is 0 Å². The number of carbonyl (C=O) groups excluding carboxylic acids is 1. The Morgan fingerprint density at radius 2 is 1.74 bits per heavy atom. The van der Waals surface area contributed by atoms with Crippen molar-refractivity contribution in [3.63, 3.8) is 0 Å². The molecule has 0 aliphatic rings. The van der Waals surface area contributed by atoms with Gasteiger partial charge in [-0.3, -0.25) is 9.79 Å². The maximum Gasteiger partial charge on any atom is 0.259 e. The van der Waals surface area contributed by atoms with Crippen LogP contribution in [0.4, 0.5) is 11.4 Å². The number of aliphatic imine (C=N–C) groups is 1. The SMILES string of the molecule is Cc1ccccc1NC(=O)c1cc2ccccc2c(C=Nc2cc(Cl)ccc2Cl)c1O. The lowest BCUT2D eigenvalue weighted by molar-refractivity contribution is 0.102. The predicted octanol–water partition coefficient (Wildman–Crippen LogP) is 7.16. The van der Waals surface area contributed by atoms with E-state index < -0.39 is 5.91 Å². The van der Waals surface area contributed by atoms with E-state index in [1.807, 2.05) is 55.5 Å². The Bertz CT molecular complexity index is 1330. The second-order valence-electron chi connectivity index (χ2n) is 7.03. The fourth-order valence-electron chi connectivity index (χ4n) is 3.29. The average molecular weight is 449 g/mol. The number of hydrogen-bond donors (Lipinski definition) is 2. The van der Waals surface area contributed by atoms with Gasteiger partial charge in [-0.15, -0.1) is 0 Å². The van der Waals surface area contributed by atoms with Crippen LogP contribution in [0.1, 0.15) is 21.5 Å². The van der Waals surface area contributed by atoms with Crippen LogP contribution < -0.4 is 5.32 Å². The van der Waals surface area contributed by atoms with Gasteiger partial charge in [0.2, 0.25) is 0 Å². The van der Waals surface area contributed by atoms with Crippen LogP contribution in [0.5, 0.6) is 5.75 Å². The zero-order chi connectivity index (χ0) is 22.0. The van der Waals surface area contributed by atoms with Crippen LogP contribution in [0.2, 0.25) is 10.0 Å². The topological polar surface area (TPSA) is 61.7 Å². The van der Waals surface area contributed by atoms with Crippen LogP contribution in [0, 0.1) is 6.92 Å². The van der Waals surface area contributed by atoms with Gasteiger partial charge in [0, 0.05) is 22.5 Å². The van der Waals surface area contributed by atoms with Gasteiger partial charge in [-0.25, -0.2) is 0 Å². The summed E-state index contributed by atoms with van der Waals surface area (Å²) in [7, 11) is 0. The first-order valence-electron chi connectivity index (χ1n) is 9.55. The fraction of sp³-hybridized carbons (Fsp3) is 0.0400. The molecule has 4 rings (SSSR count). The molecule has 0 aromatic heterocycles. The van der Waals surface area contributed by atoms with E-state index in [9.17, 15) is 9.90 Å². The summed E-state index contributed by atoms with van der Waals surface area (Å²) in [5.41, 5.74) is 2.64. The molecule has 0 bridgehead atoms. The molecule has 154 valence electrons. The standard InChI is InChI=1S/C25H18Cl2N2O2/c1-15-6-2-5-9-22(15)29-25(31)19-12-16-7-3-4-8-18(16)20(24(19)30)14-28-23-13-17(26)10-11-21(23)27/h2-14,30H,1H3,(H,29,31). The molecule has 0 radical (unpaired) electrons. The number of rotatable bonds is 4. The largest absolute Gasteiger partial charge is 0.506 e. The molecule has 1 amide bonds. The highest BCUT2D eigenvalue weighted by molar-refractivity contribution is 6.35. The summed E-state index contributed by atoms with van der Waals surface area (Å²) < 4.78 is 0. The highest BCUT2D eigenvalue weighted by atomic mass is 35.5. The summed E-state index contributed by atoms with van der Waals surface area (Å²) in [4.78, 5) is 17.4. The Labute approximate surface area is 189 Å². The van der Waals surface area contributed by atoms with Crippen LogP contribution in [-0.2, 0) is 0 Å². The molecule has 4 aromatic carbocycles. The second kappa shape index (κ2) is 8.80. The molecule has 4 aromatic rings. The summed E-state index contributed by atoms with van der Waals surface area (Å²) in [6.07, 6.45) is 1.50. The van der Waals surface area contributed by atoms with E-state index in [0.717, 1.165) is 16.3 Å². The third-order valence-electron chi connectivity index (χ3n) is 4.94. The number of benzene rings is 4. The van der Waals surface area contributed by atoms with Gasteiger partial charge in [-0.1, -0.05) is 65.7 Å². The van der Waals surface area contributed by atoms with Crippen molar-refractivity contribution in [2.45, 2.75) is 6.92 Å². The number of carbonyl (C=O) groups is 1. The van der Waals surface area contributed by atoms with Crippen LogP contribution in [0.3, 0.4) is 0 Å². The van der Waals surface area contributed by atoms with Crippen molar-refractivity contribution in [2.75, 3.05) is 5.32 Å². The molecule has 0 aliphatic carbocycles. The van der Waals surface area contributed by atoms with Crippen molar-refractivity contribution in [2.24, 2.45) is 4.99 Å². The van der Waals surface area contributed by atoms with E-state index in [0.29, 0.717) is 27.0 Å². The number of halogens is 2. The molecule has 6 heteroatoms. The lowest BCUT2D eigenvalue weighted by atomic mass is 9.99. The van der Waals surface area contributed by atoms with Gasteiger partial charge in [0.05, 0.1) is 16.3 Å². The van der Waals surface area contributed by atoms with Gasteiger partial charge >= 0.3 is 0 Å². The molecule has 0 saturated carbocycles. The first kappa shape index (κ1) is 20.9. The number of phenols is 1. The first-order valence-corrected chi connectivity index (χ1v) is 10.3. The van der Waals surface area contributed by atoms with Crippen LogP contribution >= 0.6 is 23.2 Å². The molecule has 0 fully saturated rings. The Kier molecular flexibility index (Phi) is 5.94. The molecule has 0 spiro atoms. The number of nitrogens with one attached hydrogen (secondary N) is 1. The number of fused-ring (bicyclic) bond motifs is 1. The number of anilines is 1. The van der Waals surface area contributed by atoms with E-state index in [2.05, 4.69) is 10.3 Å². The molecule has 0 atom stereocenters. The van der Waals surface area contributed by atoms with E-state index in [-0.39, 0.29) is 11.3 Å². The normalized spacial score (nSPS) is 11.2. The third-order valence-corrected chi connectivity index (χ3v) is 5.49. The van der Waals surface area contributed by atoms with Gasteiger partial charge in [-0.2, -0.15) is 0 Å². The van der Waals surface area contributed by atoms with Crippen LogP contribution in [0.15, 0.2) is 77.8 Å². The molecule has 0 heterocycles. The Hall–Kier alpha value is -3.34. The van der Waals surface area contributed by atoms with Gasteiger partial charge < -0.3 is 10.4 Å². The van der Waals surface area contributed by atoms with Gasteiger partial charge in [0.15, 0.2) is 0 Å². The second-order valence-corrected chi connectivity index (χ2v) is 7.87. The maximum absolute atomic E-state index is 13.0. The van der Waals surface area contributed by atoms with E-state index in [1.165, 1.54) is 6.21 Å². The highest BCUT2D eigenvalue weighted by Crippen LogP contribution is 2.33. The minimum absolute atomic E-state index is 0.153.